The summed E-state index contributed by atoms with van der Waals surface area (Å²) >= 11 is 0. The fraction of sp³-hybridized carbons (Fsp3) is 0.227. The molecule has 2 amide bonds. The van der Waals surface area contributed by atoms with Crippen LogP contribution in [-0.4, -0.2) is 17.0 Å². The van der Waals surface area contributed by atoms with Gasteiger partial charge in [0.1, 0.15) is 5.76 Å². The molecule has 1 aromatic heterocycles. The normalized spacial score (nSPS) is 10.8. The first-order valence-electron chi connectivity index (χ1n) is 9.10. The van der Waals surface area contributed by atoms with Gasteiger partial charge in [0.2, 0.25) is 0 Å². The largest absolute Gasteiger partial charge is 0.360 e. The minimum absolute atomic E-state index is 0.261. The van der Waals surface area contributed by atoms with Crippen LogP contribution in [0, 0.1) is 13.8 Å². The molecule has 0 aliphatic carbocycles. The number of aromatic nitrogens is 1. The van der Waals surface area contributed by atoms with E-state index < -0.39 is 0 Å². The Balaban J connectivity index is 1.80. The third kappa shape index (κ3) is 4.28. The van der Waals surface area contributed by atoms with Gasteiger partial charge in [-0.25, -0.2) is 0 Å². The Hall–Kier alpha value is -3.41. The van der Waals surface area contributed by atoms with E-state index in [0.29, 0.717) is 22.7 Å². The summed E-state index contributed by atoms with van der Waals surface area (Å²) in [5.41, 5.74) is 3.65. The van der Waals surface area contributed by atoms with Crippen LogP contribution in [0.2, 0.25) is 0 Å². The van der Waals surface area contributed by atoms with Crippen LogP contribution in [0.1, 0.15) is 57.4 Å². The molecular formula is C22H23N3O3. The summed E-state index contributed by atoms with van der Waals surface area (Å²) < 4.78 is 4.94. The maximum Gasteiger partial charge on any atom is 0.256 e. The Morgan fingerprint density at radius 1 is 0.929 bits per heavy atom. The molecular weight excluding hydrogens is 354 g/mol. The van der Waals surface area contributed by atoms with E-state index in [2.05, 4.69) is 29.6 Å². The Kier molecular flexibility index (Phi) is 5.59. The van der Waals surface area contributed by atoms with Crippen molar-refractivity contribution in [2.75, 3.05) is 10.6 Å². The first-order chi connectivity index (χ1) is 13.3. The summed E-state index contributed by atoms with van der Waals surface area (Å²) in [5, 5.41) is 9.39. The number of hydrogen-bond donors (Lipinski definition) is 2. The van der Waals surface area contributed by atoms with Crippen LogP contribution >= 0.6 is 0 Å². The number of benzene rings is 2. The van der Waals surface area contributed by atoms with Crippen LogP contribution in [-0.2, 0) is 0 Å². The lowest BCUT2D eigenvalue weighted by molar-refractivity contribution is 0.102. The quantitative estimate of drug-likeness (QED) is 0.661. The number of para-hydroxylation sites is 1. The summed E-state index contributed by atoms with van der Waals surface area (Å²) in [6, 6.07) is 14.1. The maximum atomic E-state index is 12.8. The van der Waals surface area contributed by atoms with Crippen molar-refractivity contribution in [1.82, 2.24) is 5.16 Å². The van der Waals surface area contributed by atoms with Crippen molar-refractivity contribution >= 4 is 23.3 Å². The first kappa shape index (κ1) is 19.4. The molecule has 0 spiro atoms. The van der Waals surface area contributed by atoms with Crippen LogP contribution < -0.4 is 10.6 Å². The van der Waals surface area contributed by atoms with Crippen molar-refractivity contribution < 1.29 is 14.1 Å². The minimum Gasteiger partial charge on any atom is -0.360 e. The van der Waals surface area contributed by atoms with E-state index in [1.54, 1.807) is 37.3 Å². The van der Waals surface area contributed by atoms with Gasteiger partial charge in [0, 0.05) is 22.9 Å². The highest BCUT2D eigenvalue weighted by Crippen LogP contribution is 2.28. The third-order valence-electron chi connectivity index (χ3n) is 4.42. The molecule has 28 heavy (non-hydrogen) atoms. The molecule has 0 aliphatic rings. The highest BCUT2D eigenvalue weighted by Gasteiger charge is 2.15. The number of nitrogens with one attached hydrogen (secondary N) is 2. The zero-order valence-corrected chi connectivity index (χ0v) is 16.4. The SMILES string of the molecule is Cc1cc(NC(=O)c2cccc(C(=O)Nc3c(C)cccc3C(C)C)c2)no1. The summed E-state index contributed by atoms with van der Waals surface area (Å²) in [6.45, 7) is 7.87. The fourth-order valence-corrected chi connectivity index (χ4v) is 2.94. The summed E-state index contributed by atoms with van der Waals surface area (Å²) in [6.07, 6.45) is 0. The average molecular weight is 377 g/mol. The van der Waals surface area contributed by atoms with Gasteiger partial charge in [-0.05, 0) is 49.1 Å². The second-order valence-corrected chi connectivity index (χ2v) is 7.01. The first-order valence-corrected chi connectivity index (χ1v) is 9.10. The zero-order chi connectivity index (χ0) is 20.3. The summed E-state index contributed by atoms with van der Waals surface area (Å²) in [5.74, 6) is 0.588. The third-order valence-corrected chi connectivity index (χ3v) is 4.42. The number of amides is 2. The zero-order valence-electron chi connectivity index (χ0n) is 16.4. The predicted octanol–water partition coefficient (Wildman–Crippen LogP) is 4.92. The lowest BCUT2D eigenvalue weighted by Crippen LogP contribution is -2.17. The van der Waals surface area contributed by atoms with Gasteiger partial charge >= 0.3 is 0 Å². The van der Waals surface area contributed by atoms with Gasteiger partial charge in [-0.3, -0.25) is 9.59 Å². The molecule has 0 unspecified atom stereocenters. The molecule has 0 radical (unpaired) electrons. The smallest absolute Gasteiger partial charge is 0.256 e. The lowest BCUT2D eigenvalue weighted by Gasteiger charge is -2.16. The molecule has 0 aliphatic heterocycles. The predicted molar refractivity (Wildman–Crippen MR) is 109 cm³/mol. The highest BCUT2D eigenvalue weighted by molar-refractivity contribution is 6.09. The van der Waals surface area contributed by atoms with Crippen LogP contribution in [0.4, 0.5) is 11.5 Å². The molecule has 0 fully saturated rings. The van der Waals surface area contributed by atoms with Crippen molar-refractivity contribution in [3.05, 3.63) is 76.5 Å². The molecule has 0 bridgehead atoms. The highest BCUT2D eigenvalue weighted by atomic mass is 16.5. The number of nitrogens with zero attached hydrogens (tertiary/aromatic N) is 1. The second kappa shape index (κ2) is 8.08. The van der Waals surface area contributed by atoms with Crippen molar-refractivity contribution in [2.24, 2.45) is 0 Å². The van der Waals surface area contributed by atoms with E-state index in [1.165, 1.54) is 0 Å². The van der Waals surface area contributed by atoms with Gasteiger partial charge in [-0.2, -0.15) is 0 Å². The Morgan fingerprint density at radius 2 is 1.57 bits per heavy atom. The van der Waals surface area contributed by atoms with Crippen LogP contribution in [0.15, 0.2) is 53.1 Å². The molecule has 1 heterocycles. The molecule has 3 aromatic rings. The van der Waals surface area contributed by atoms with Gasteiger partial charge in [0.15, 0.2) is 5.82 Å². The minimum atomic E-state index is -0.360. The summed E-state index contributed by atoms with van der Waals surface area (Å²) in [7, 11) is 0. The maximum absolute atomic E-state index is 12.8. The molecule has 144 valence electrons. The molecule has 0 atom stereocenters. The van der Waals surface area contributed by atoms with Crippen molar-refractivity contribution in [1.29, 1.82) is 0 Å². The molecule has 3 rings (SSSR count). The molecule has 0 saturated carbocycles. The van der Waals surface area contributed by atoms with E-state index in [4.69, 9.17) is 4.52 Å². The number of carbonyl (C=O) groups excluding carboxylic acids is 2. The van der Waals surface area contributed by atoms with Crippen molar-refractivity contribution in [2.45, 2.75) is 33.6 Å². The monoisotopic (exact) mass is 377 g/mol. The molecule has 2 N–H and O–H groups in total. The van der Waals surface area contributed by atoms with Crippen LogP contribution in [0.3, 0.4) is 0 Å². The second-order valence-electron chi connectivity index (χ2n) is 7.01. The van der Waals surface area contributed by atoms with Crippen molar-refractivity contribution in [3.63, 3.8) is 0 Å². The number of hydrogen-bond acceptors (Lipinski definition) is 4. The molecule has 6 heteroatoms. The molecule has 0 saturated heterocycles. The van der Waals surface area contributed by atoms with Gasteiger partial charge in [0.05, 0.1) is 0 Å². The fourth-order valence-electron chi connectivity index (χ4n) is 2.94. The number of aryl methyl sites for hydroxylation is 2. The van der Waals surface area contributed by atoms with Crippen LogP contribution in [0.25, 0.3) is 0 Å². The molecule has 6 nitrogen and oxygen atoms in total. The van der Waals surface area contributed by atoms with Crippen LogP contribution in [0.5, 0.6) is 0 Å². The standard InChI is InChI=1S/C22H23N3O3/c1-13(2)18-10-5-7-14(3)20(18)24-22(27)17-9-6-8-16(12-17)21(26)23-19-11-15(4)28-25-19/h5-13H,1-4H3,(H,24,27)(H,23,25,26). The van der Waals surface area contributed by atoms with E-state index >= 15 is 0 Å². The van der Waals surface area contributed by atoms with Gasteiger partial charge in [-0.1, -0.05) is 43.3 Å². The number of anilines is 2. The topological polar surface area (TPSA) is 84.2 Å². The van der Waals surface area contributed by atoms with Gasteiger partial charge in [0.25, 0.3) is 11.8 Å². The van der Waals surface area contributed by atoms with Crippen molar-refractivity contribution in [3.8, 4) is 0 Å². The average Bonchev–Trinajstić information content (AvgIpc) is 3.07. The van der Waals surface area contributed by atoms with E-state index in [-0.39, 0.29) is 17.7 Å². The Morgan fingerprint density at radius 3 is 2.18 bits per heavy atom. The van der Waals surface area contributed by atoms with E-state index in [0.717, 1.165) is 16.8 Å². The van der Waals surface area contributed by atoms with Gasteiger partial charge < -0.3 is 15.2 Å². The number of rotatable bonds is 5. The Labute approximate surface area is 163 Å². The summed E-state index contributed by atoms with van der Waals surface area (Å²) in [4.78, 5) is 25.2. The van der Waals surface area contributed by atoms with Gasteiger partial charge in [-0.15, -0.1) is 0 Å². The van der Waals surface area contributed by atoms with E-state index in [9.17, 15) is 9.59 Å². The Bertz CT molecular complexity index is 1020. The number of carbonyl (C=O) groups is 2. The van der Waals surface area contributed by atoms with E-state index in [1.807, 2.05) is 25.1 Å². The lowest BCUT2D eigenvalue weighted by atomic mass is 9.98. The molecule has 2 aromatic carbocycles.